The van der Waals surface area contributed by atoms with Gasteiger partial charge < -0.3 is 91.0 Å². The van der Waals surface area contributed by atoms with Crippen LogP contribution in [0.5, 0.6) is 0 Å². The normalized spacial score (nSPS) is 16.6. The molecule has 2 heterocycles. The summed E-state index contributed by atoms with van der Waals surface area (Å²) < 4.78 is 93.0. The number of fused-ring (bicyclic) bond motifs is 1. The molecule has 0 aliphatic rings. The first-order chi connectivity index (χ1) is 25.4. The zero-order chi connectivity index (χ0) is 41.3. The summed E-state index contributed by atoms with van der Waals surface area (Å²) in [5.74, 6) is 0.223. The van der Waals surface area contributed by atoms with Gasteiger partial charge in [-0.15, -0.1) is 0 Å². The topological polar surface area (TPSA) is 392 Å². The molecule has 5 atom stereocenters. The lowest BCUT2D eigenvalue weighted by Gasteiger charge is -2.22. The van der Waals surface area contributed by atoms with Gasteiger partial charge in [-0.3, -0.25) is 22.8 Å². The molecule has 0 aliphatic carbocycles. The Morgan fingerprint density at radius 1 is 0.648 bits per heavy atom. The molecule has 0 fully saturated rings. The molecule has 0 bridgehead atoms. The highest BCUT2D eigenvalue weighted by Gasteiger charge is 2.20. The molecule has 2 rings (SSSR count). The Kier molecular flexibility index (Phi) is 27.3. The lowest BCUT2D eigenvalue weighted by atomic mass is 10.4. The third-order valence-corrected chi connectivity index (χ3v) is 9.40. The van der Waals surface area contributed by atoms with Crippen molar-refractivity contribution in [3.05, 3.63) is 12.7 Å². The average molecular weight is 868 g/mol. The third-order valence-electron chi connectivity index (χ3n) is 5.62. The van der Waals surface area contributed by atoms with Crippen LogP contribution in [0.4, 0.5) is 5.82 Å². The quantitative estimate of drug-likeness (QED) is 0.0520. The van der Waals surface area contributed by atoms with Crippen LogP contribution >= 0.6 is 31.3 Å². The van der Waals surface area contributed by atoms with E-state index in [0.717, 1.165) is 28.4 Å². The van der Waals surface area contributed by atoms with E-state index in [4.69, 9.17) is 30.2 Å². The zero-order valence-electron chi connectivity index (χ0n) is 29.5. The highest BCUT2D eigenvalue weighted by molar-refractivity contribution is 7.46. The molecule has 0 saturated carbocycles. The predicted molar refractivity (Wildman–Crippen MR) is 173 cm³/mol. The Morgan fingerprint density at radius 2 is 1.06 bits per heavy atom. The highest BCUT2D eigenvalue weighted by atomic mass is 31.2. The summed E-state index contributed by atoms with van der Waals surface area (Å²) in [5.41, 5.74) is 6.46. The SMILES string of the molecule is COP(=O)([O-])OCCCOP(=O)([O-])OC.COP(=O)([O-])OCCOCCOCCOP(=O)([O-])OC.Nc1ncnc2c1ncn2C(CO)OC(CO)CO. The summed E-state index contributed by atoms with van der Waals surface area (Å²) in [4.78, 5) is 54.6. The van der Waals surface area contributed by atoms with Crippen LogP contribution in [0.1, 0.15) is 12.6 Å². The number of aliphatic hydroxyl groups is 3. The van der Waals surface area contributed by atoms with Crippen molar-refractivity contribution in [1.29, 1.82) is 0 Å². The van der Waals surface area contributed by atoms with Crippen molar-refractivity contribution in [2.24, 2.45) is 0 Å². The van der Waals surface area contributed by atoms with Gasteiger partial charge in [-0.1, -0.05) is 0 Å². The molecule has 0 aliphatic heterocycles. The molecule has 2 aromatic rings. The monoisotopic (exact) mass is 867 g/mol. The highest BCUT2D eigenvalue weighted by Crippen LogP contribution is 2.39. The number of hydrogen-bond donors (Lipinski definition) is 4. The van der Waals surface area contributed by atoms with Gasteiger partial charge in [-0.2, -0.15) is 0 Å². The number of aliphatic hydroxyl groups excluding tert-OH is 3. The van der Waals surface area contributed by atoms with Gasteiger partial charge in [0.15, 0.2) is 17.7 Å². The van der Waals surface area contributed by atoms with Gasteiger partial charge in [0.2, 0.25) is 0 Å². The molecule has 27 nitrogen and oxygen atoms in total. The van der Waals surface area contributed by atoms with Gasteiger partial charge in [0, 0.05) is 28.4 Å². The number of anilines is 1. The molecule has 0 radical (unpaired) electrons. The van der Waals surface area contributed by atoms with Crippen molar-refractivity contribution in [2.45, 2.75) is 18.8 Å². The number of imidazole rings is 1. The molecule has 0 spiro atoms. The molecule has 54 heavy (non-hydrogen) atoms. The van der Waals surface area contributed by atoms with Crippen molar-refractivity contribution in [1.82, 2.24) is 19.5 Å². The molecule has 0 saturated heterocycles. The molecular weight excluding hydrogens is 822 g/mol. The fourth-order valence-corrected chi connectivity index (χ4v) is 4.73. The van der Waals surface area contributed by atoms with Crippen LogP contribution < -0.4 is 25.3 Å². The molecule has 5 unspecified atom stereocenters. The fraction of sp³-hybridized carbons (Fsp3) is 0.783. The first kappa shape index (κ1) is 52.6. The smallest absolute Gasteiger partial charge is 0.267 e. The second-order valence-corrected chi connectivity index (χ2v) is 15.3. The molecule has 2 aromatic heterocycles. The maximum atomic E-state index is 10.7. The lowest BCUT2D eigenvalue weighted by Crippen LogP contribution is -2.28. The summed E-state index contributed by atoms with van der Waals surface area (Å²) in [5, 5.41) is 27.3. The molecule has 0 amide bonds. The van der Waals surface area contributed by atoms with Crippen LogP contribution in [-0.4, -0.2) is 142 Å². The minimum atomic E-state index is -4.25. The van der Waals surface area contributed by atoms with Crippen molar-refractivity contribution in [3.8, 4) is 0 Å². The van der Waals surface area contributed by atoms with Crippen LogP contribution in [0.25, 0.3) is 11.2 Å². The van der Waals surface area contributed by atoms with E-state index in [-0.39, 0.29) is 84.9 Å². The number of aromatic nitrogens is 4. The van der Waals surface area contributed by atoms with Gasteiger partial charge in [0.25, 0.3) is 31.3 Å². The lowest BCUT2D eigenvalue weighted by molar-refractivity contribution is -0.226. The minimum Gasteiger partial charge on any atom is -0.756 e. The van der Waals surface area contributed by atoms with Crippen molar-refractivity contribution < 1.29 is 104 Å². The van der Waals surface area contributed by atoms with Crippen LogP contribution in [0.3, 0.4) is 0 Å². The molecular formula is C23H45N5O22P4-4. The summed E-state index contributed by atoms with van der Waals surface area (Å²) in [7, 11) is -13.0. The number of rotatable bonds is 27. The Morgan fingerprint density at radius 3 is 1.44 bits per heavy atom. The number of phosphoric ester groups is 4. The average Bonchev–Trinajstić information content (AvgIpc) is 3.58. The zero-order valence-corrected chi connectivity index (χ0v) is 33.1. The first-order valence-corrected chi connectivity index (χ1v) is 20.8. The maximum Gasteiger partial charge on any atom is 0.267 e. The number of nitrogens with two attached hydrogens (primary N) is 1. The van der Waals surface area contributed by atoms with E-state index in [1.165, 1.54) is 17.2 Å². The van der Waals surface area contributed by atoms with E-state index in [1.807, 2.05) is 0 Å². The van der Waals surface area contributed by atoms with Crippen LogP contribution in [-0.2, 0) is 68.7 Å². The Bertz CT molecular complexity index is 1430. The maximum absolute atomic E-state index is 10.7. The standard InChI is InChI=1S/C10H15N5O4.C8H20O10P2.C5H14O8P2/c11-9-8-10(13-4-12-9)15(5-14-8)7(3-18)19-6(1-16)2-17;1-13-19(9,10)17-7-5-15-3-4-16-6-8-18-20(11,12)14-2;1-10-14(6,7)12-4-3-5-13-15(8,9)11-2/h4-7,16-18H,1-3H2,(H2,11,12,13);3-8H2,1-2H3,(H,9,10)(H,11,12);3-5H2,1-2H3,(H,6,7)(H,8,9)/p-4. The van der Waals surface area contributed by atoms with E-state index in [0.29, 0.717) is 11.2 Å². The van der Waals surface area contributed by atoms with Crippen molar-refractivity contribution in [2.75, 3.05) is 107 Å². The van der Waals surface area contributed by atoms with Gasteiger partial charge in [-0.05, 0) is 6.42 Å². The van der Waals surface area contributed by atoms with E-state index in [2.05, 4.69) is 51.1 Å². The summed E-state index contributed by atoms with van der Waals surface area (Å²) in [6.45, 7) is -1.38. The minimum absolute atomic E-state index is 0.0505. The van der Waals surface area contributed by atoms with Crippen LogP contribution in [0.2, 0.25) is 0 Å². The van der Waals surface area contributed by atoms with Crippen molar-refractivity contribution >= 4 is 48.3 Å². The van der Waals surface area contributed by atoms with Gasteiger partial charge in [0.05, 0.1) is 79.0 Å². The largest absolute Gasteiger partial charge is 0.756 e. The van der Waals surface area contributed by atoms with Gasteiger partial charge >= 0.3 is 0 Å². The van der Waals surface area contributed by atoms with Crippen molar-refractivity contribution in [3.63, 3.8) is 0 Å². The van der Waals surface area contributed by atoms with E-state index in [1.54, 1.807) is 0 Å². The fourth-order valence-electron chi connectivity index (χ4n) is 3.00. The summed E-state index contributed by atoms with van der Waals surface area (Å²) >= 11 is 0. The molecule has 5 N–H and O–H groups in total. The predicted octanol–water partition coefficient (Wildman–Crippen LogP) is -2.81. The van der Waals surface area contributed by atoms with E-state index in [9.17, 15) is 42.9 Å². The number of nitrogen functional groups attached to an aromatic ring is 1. The van der Waals surface area contributed by atoms with Gasteiger partial charge in [-0.25, -0.2) is 15.0 Å². The van der Waals surface area contributed by atoms with Crippen LogP contribution in [0, 0.1) is 0 Å². The molecule has 0 aromatic carbocycles. The van der Waals surface area contributed by atoms with Gasteiger partial charge in [0.1, 0.15) is 17.9 Å². The summed E-state index contributed by atoms with van der Waals surface area (Å²) in [6.07, 6.45) is 1.13. The summed E-state index contributed by atoms with van der Waals surface area (Å²) in [6, 6.07) is 0. The first-order valence-electron chi connectivity index (χ1n) is 15.0. The number of hydrogen-bond acceptors (Lipinski definition) is 26. The number of nitrogens with zero attached hydrogens (tertiary/aromatic N) is 4. The Balaban J connectivity index is 0.000000789. The number of phosphoric acid groups is 4. The Hall–Kier alpha value is -1.45. The molecule has 318 valence electrons. The molecule has 31 heteroatoms. The third kappa shape index (κ3) is 23.6. The second kappa shape index (κ2) is 28.0. The van der Waals surface area contributed by atoms with E-state index >= 15 is 0 Å². The van der Waals surface area contributed by atoms with Crippen LogP contribution in [0.15, 0.2) is 12.7 Å². The Labute approximate surface area is 309 Å². The van der Waals surface area contributed by atoms with E-state index < -0.39 is 43.6 Å². The second-order valence-electron chi connectivity index (χ2n) is 9.27. The number of ether oxygens (including phenoxy) is 3.